The third kappa shape index (κ3) is 3.60. The largest absolute Gasteiger partial charge is 0.350 e. The van der Waals surface area contributed by atoms with Gasteiger partial charge < -0.3 is 5.32 Å². The second-order valence-corrected chi connectivity index (χ2v) is 4.77. The number of hydrogen-bond acceptors (Lipinski definition) is 3. The van der Waals surface area contributed by atoms with Gasteiger partial charge in [0.05, 0.1) is 17.9 Å². The third-order valence-electron chi connectivity index (χ3n) is 2.83. The van der Waals surface area contributed by atoms with E-state index in [0.717, 1.165) is 5.56 Å². The van der Waals surface area contributed by atoms with Crippen molar-refractivity contribution in [3.8, 4) is 11.3 Å². The molecule has 0 radical (unpaired) electrons. The van der Waals surface area contributed by atoms with Crippen LogP contribution in [0.15, 0.2) is 36.7 Å². The summed E-state index contributed by atoms with van der Waals surface area (Å²) in [6.07, 6.45) is 1.44. The Balaban J connectivity index is 2.12. The van der Waals surface area contributed by atoms with Crippen molar-refractivity contribution in [3.63, 3.8) is 0 Å². The monoisotopic (exact) mass is 273 g/mol. The standard InChI is InChI=1S/C15H16FN3O/c1-10(2)15(20)17-8-13-7-14(19-9-18-13)11-3-5-12(16)6-4-11/h3-7,9-10H,8H2,1-2H3,(H,17,20). The molecule has 0 aliphatic rings. The van der Waals surface area contributed by atoms with Crippen LogP contribution in [0, 0.1) is 11.7 Å². The molecule has 0 saturated carbocycles. The molecule has 0 fully saturated rings. The molecule has 0 spiro atoms. The lowest BCUT2D eigenvalue weighted by Gasteiger charge is -2.08. The molecule has 5 heteroatoms. The summed E-state index contributed by atoms with van der Waals surface area (Å²) in [7, 11) is 0. The molecule has 0 atom stereocenters. The maximum Gasteiger partial charge on any atom is 0.222 e. The van der Waals surface area contributed by atoms with Crippen molar-refractivity contribution in [3.05, 3.63) is 48.2 Å². The van der Waals surface area contributed by atoms with Gasteiger partial charge in [0.15, 0.2) is 0 Å². The number of hydrogen-bond donors (Lipinski definition) is 1. The van der Waals surface area contributed by atoms with Crippen LogP contribution in [0.1, 0.15) is 19.5 Å². The molecule has 1 aromatic carbocycles. The first-order valence-electron chi connectivity index (χ1n) is 6.41. The van der Waals surface area contributed by atoms with Gasteiger partial charge in [0.1, 0.15) is 12.1 Å². The Morgan fingerprint density at radius 3 is 2.60 bits per heavy atom. The van der Waals surface area contributed by atoms with Crippen molar-refractivity contribution < 1.29 is 9.18 Å². The Hall–Kier alpha value is -2.30. The van der Waals surface area contributed by atoms with Crippen LogP contribution in [0.2, 0.25) is 0 Å². The minimum atomic E-state index is -0.285. The topological polar surface area (TPSA) is 54.9 Å². The molecule has 0 aliphatic carbocycles. The normalized spacial score (nSPS) is 10.6. The molecule has 0 unspecified atom stereocenters. The Labute approximate surface area is 117 Å². The number of rotatable bonds is 4. The molecule has 4 nitrogen and oxygen atoms in total. The highest BCUT2D eigenvalue weighted by Gasteiger charge is 2.07. The van der Waals surface area contributed by atoms with E-state index in [1.54, 1.807) is 18.2 Å². The van der Waals surface area contributed by atoms with Crippen LogP contribution < -0.4 is 5.32 Å². The van der Waals surface area contributed by atoms with Gasteiger partial charge in [0, 0.05) is 11.5 Å². The minimum absolute atomic E-state index is 0.0213. The van der Waals surface area contributed by atoms with Crippen LogP contribution in [0.4, 0.5) is 4.39 Å². The van der Waals surface area contributed by atoms with E-state index in [0.29, 0.717) is 17.9 Å². The molecule has 20 heavy (non-hydrogen) atoms. The van der Waals surface area contributed by atoms with Crippen molar-refractivity contribution in [1.82, 2.24) is 15.3 Å². The summed E-state index contributed by atoms with van der Waals surface area (Å²) < 4.78 is 12.9. The Bertz CT molecular complexity index is 596. The number of amides is 1. The highest BCUT2D eigenvalue weighted by atomic mass is 19.1. The van der Waals surface area contributed by atoms with Crippen LogP contribution in [-0.2, 0) is 11.3 Å². The van der Waals surface area contributed by atoms with Gasteiger partial charge in [-0.3, -0.25) is 4.79 Å². The lowest BCUT2D eigenvalue weighted by Crippen LogP contribution is -2.27. The number of nitrogens with one attached hydrogen (secondary N) is 1. The highest BCUT2D eigenvalue weighted by molar-refractivity contribution is 5.77. The predicted molar refractivity (Wildman–Crippen MR) is 74.1 cm³/mol. The van der Waals surface area contributed by atoms with Gasteiger partial charge in [0.2, 0.25) is 5.91 Å². The van der Waals surface area contributed by atoms with E-state index in [2.05, 4.69) is 15.3 Å². The summed E-state index contributed by atoms with van der Waals surface area (Å²) in [5.74, 6) is -0.368. The molecule has 0 bridgehead atoms. The Kier molecular flexibility index (Phi) is 4.40. The molecule has 1 aromatic heterocycles. The average molecular weight is 273 g/mol. The molecule has 0 saturated heterocycles. The Morgan fingerprint density at radius 1 is 1.25 bits per heavy atom. The molecular weight excluding hydrogens is 257 g/mol. The summed E-state index contributed by atoms with van der Waals surface area (Å²) >= 11 is 0. The first-order chi connectivity index (χ1) is 9.56. The highest BCUT2D eigenvalue weighted by Crippen LogP contribution is 2.17. The molecule has 2 aromatic rings. The summed E-state index contributed by atoms with van der Waals surface area (Å²) in [5, 5.41) is 2.80. The molecular formula is C15H16FN3O. The quantitative estimate of drug-likeness (QED) is 0.931. The molecule has 2 rings (SSSR count). The first-order valence-corrected chi connectivity index (χ1v) is 6.41. The zero-order chi connectivity index (χ0) is 14.5. The van der Waals surface area contributed by atoms with Crippen molar-refractivity contribution in [2.45, 2.75) is 20.4 Å². The smallest absolute Gasteiger partial charge is 0.222 e. The van der Waals surface area contributed by atoms with E-state index in [9.17, 15) is 9.18 Å². The minimum Gasteiger partial charge on any atom is -0.350 e. The second kappa shape index (κ2) is 6.23. The van der Waals surface area contributed by atoms with E-state index in [1.165, 1.54) is 18.5 Å². The van der Waals surface area contributed by atoms with Crippen LogP contribution in [0.5, 0.6) is 0 Å². The number of benzene rings is 1. The van der Waals surface area contributed by atoms with E-state index in [-0.39, 0.29) is 17.6 Å². The SMILES string of the molecule is CC(C)C(=O)NCc1cc(-c2ccc(F)cc2)ncn1. The summed E-state index contributed by atoms with van der Waals surface area (Å²) in [5.41, 5.74) is 2.23. The summed E-state index contributed by atoms with van der Waals surface area (Å²) in [6, 6.07) is 7.88. The van der Waals surface area contributed by atoms with Crippen molar-refractivity contribution >= 4 is 5.91 Å². The van der Waals surface area contributed by atoms with Gasteiger partial charge in [-0.05, 0) is 30.3 Å². The maximum absolute atomic E-state index is 12.9. The van der Waals surface area contributed by atoms with Gasteiger partial charge in [-0.2, -0.15) is 0 Å². The lowest BCUT2D eigenvalue weighted by molar-refractivity contribution is -0.124. The van der Waals surface area contributed by atoms with Gasteiger partial charge in [0.25, 0.3) is 0 Å². The fourth-order valence-electron chi connectivity index (χ4n) is 1.65. The summed E-state index contributed by atoms with van der Waals surface area (Å²) in [6.45, 7) is 4.02. The maximum atomic E-state index is 12.9. The van der Waals surface area contributed by atoms with E-state index < -0.39 is 0 Å². The lowest BCUT2D eigenvalue weighted by atomic mass is 10.1. The van der Waals surface area contributed by atoms with Crippen LogP contribution in [0.3, 0.4) is 0 Å². The predicted octanol–water partition coefficient (Wildman–Crippen LogP) is 2.55. The molecule has 0 aliphatic heterocycles. The van der Waals surface area contributed by atoms with E-state index in [4.69, 9.17) is 0 Å². The van der Waals surface area contributed by atoms with Gasteiger partial charge in [-0.1, -0.05) is 13.8 Å². The van der Waals surface area contributed by atoms with Crippen molar-refractivity contribution in [2.75, 3.05) is 0 Å². The molecule has 1 amide bonds. The zero-order valence-electron chi connectivity index (χ0n) is 11.4. The Morgan fingerprint density at radius 2 is 1.95 bits per heavy atom. The second-order valence-electron chi connectivity index (χ2n) is 4.77. The number of nitrogens with zero attached hydrogens (tertiary/aromatic N) is 2. The number of carbonyl (C=O) groups is 1. The van der Waals surface area contributed by atoms with Gasteiger partial charge in [-0.25, -0.2) is 14.4 Å². The molecule has 104 valence electrons. The van der Waals surface area contributed by atoms with Crippen LogP contribution in [0.25, 0.3) is 11.3 Å². The van der Waals surface area contributed by atoms with Gasteiger partial charge in [-0.15, -0.1) is 0 Å². The average Bonchev–Trinajstić information content (AvgIpc) is 2.45. The van der Waals surface area contributed by atoms with Crippen molar-refractivity contribution in [1.29, 1.82) is 0 Å². The molecule has 1 heterocycles. The van der Waals surface area contributed by atoms with Crippen molar-refractivity contribution in [2.24, 2.45) is 5.92 Å². The van der Waals surface area contributed by atoms with E-state index in [1.807, 2.05) is 13.8 Å². The number of halogens is 1. The van der Waals surface area contributed by atoms with Crippen LogP contribution in [-0.4, -0.2) is 15.9 Å². The zero-order valence-corrected chi connectivity index (χ0v) is 11.4. The third-order valence-corrected chi connectivity index (χ3v) is 2.83. The fraction of sp³-hybridized carbons (Fsp3) is 0.267. The number of aromatic nitrogens is 2. The first kappa shape index (κ1) is 14.1. The van der Waals surface area contributed by atoms with E-state index >= 15 is 0 Å². The van der Waals surface area contributed by atoms with Gasteiger partial charge >= 0.3 is 0 Å². The molecule has 1 N–H and O–H groups in total. The summed E-state index contributed by atoms with van der Waals surface area (Å²) in [4.78, 5) is 19.8. The number of carbonyl (C=O) groups excluding carboxylic acids is 1. The van der Waals surface area contributed by atoms with Crippen LogP contribution >= 0.6 is 0 Å². The fourth-order valence-corrected chi connectivity index (χ4v) is 1.65.